The molecule has 5 rings (SSSR count). The number of H-pyrrole nitrogens is 1. The van der Waals surface area contributed by atoms with Crippen LogP contribution in [0.1, 0.15) is 34.8 Å². The maximum absolute atomic E-state index is 13.2. The van der Waals surface area contributed by atoms with E-state index >= 15 is 0 Å². The summed E-state index contributed by atoms with van der Waals surface area (Å²) < 4.78 is 13.2. The van der Waals surface area contributed by atoms with E-state index in [9.17, 15) is 9.18 Å². The van der Waals surface area contributed by atoms with Gasteiger partial charge in [0.05, 0.1) is 5.69 Å². The smallest absolute Gasteiger partial charge is 0.253 e. The lowest BCUT2D eigenvalue weighted by Gasteiger charge is -2.32. The van der Waals surface area contributed by atoms with E-state index in [1.54, 1.807) is 12.1 Å². The zero-order valence-electron chi connectivity index (χ0n) is 16.5. The first-order valence-electron chi connectivity index (χ1n) is 10.3. The second-order valence-corrected chi connectivity index (χ2v) is 7.82. The molecule has 1 N–H and O–H groups in total. The third kappa shape index (κ3) is 3.59. The van der Waals surface area contributed by atoms with Crippen LogP contribution in [0.25, 0.3) is 22.2 Å². The van der Waals surface area contributed by atoms with E-state index in [0.29, 0.717) is 6.54 Å². The summed E-state index contributed by atoms with van der Waals surface area (Å²) in [7, 11) is 0. The molecule has 2 aromatic carbocycles. The molecule has 1 unspecified atom stereocenters. The maximum atomic E-state index is 13.2. The molecule has 4 aromatic rings. The number of nitrogens with one attached hydrogen (secondary N) is 1. The number of amides is 1. The van der Waals surface area contributed by atoms with Crippen LogP contribution in [0.3, 0.4) is 0 Å². The number of carbonyl (C=O) groups excluding carboxylic acids is 1. The van der Waals surface area contributed by atoms with Gasteiger partial charge in [-0.3, -0.25) is 9.78 Å². The van der Waals surface area contributed by atoms with Crippen molar-refractivity contribution in [3.63, 3.8) is 0 Å². The van der Waals surface area contributed by atoms with Gasteiger partial charge in [-0.1, -0.05) is 6.07 Å². The van der Waals surface area contributed by atoms with E-state index in [0.717, 1.165) is 52.8 Å². The highest BCUT2D eigenvalue weighted by Crippen LogP contribution is 2.29. The Morgan fingerprint density at radius 3 is 2.80 bits per heavy atom. The summed E-state index contributed by atoms with van der Waals surface area (Å²) in [5.41, 5.74) is 4.45. The molecule has 2 aromatic heterocycles. The van der Waals surface area contributed by atoms with E-state index in [1.165, 1.54) is 12.1 Å². The number of nitrogens with zero attached hydrogens (tertiary/aromatic N) is 2. The number of piperidine rings is 1. The number of hydrogen-bond donors (Lipinski definition) is 1. The largest absolute Gasteiger partial charge is 0.361 e. The molecule has 30 heavy (non-hydrogen) atoms. The SMILES string of the molecule is O=C(c1ccc2[nH]ccc2c1)N1CCCC(c2cccc(-c3ccc(F)cc3)n2)C1. The number of aromatic amines is 1. The van der Waals surface area contributed by atoms with Gasteiger partial charge in [0.15, 0.2) is 0 Å². The van der Waals surface area contributed by atoms with Crippen molar-refractivity contribution in [2.75, 3.05) is 13.1 Å². The zero-order chi connectivity index (χ0) is 20.5. The fourth-order valence-corrected chi connectivity index (χ4v) is 4.23. The predicted octanol–water partition coefficient (Wildman–Crippen LogP) is 5.39. The van der Waals surface area contributed by atoms with E-state index in [4.69, 9.17) is 4.98 Å². The van der Waals surface area contributed by atoms with Crippen LogP contribution in [0.2, 0.25) is 0 Å². The van der Waals surface area contributed by atoms with Gasteiger partial charge >= 0.3 is 0 Å². The van der Waals surface area contributed by atoms with Crippen molar-refractivity contribution in [1.29, 1.82) is 0 Å². The summed E-state index contributed by atoms with van der Waals surface area (Å²) in [6.07, 6.45) is 3.83. The Bertz CT molecular complexity index is 1200. The average Bonchev–Trinajstić information content (AvgIpc) is 3.27. The molecule has 5 heteroatoms. The summed E-state index contributed by atoms with van der Waals surface area (Å²) >= 11 is 0. The number of fused-ring (bicyclic) bond motifs is 1. The Balaban J connectivity index is 1.36. The molecule has 1 saturated heterocycles. The Morgan fingerprint density at radius 1 is 1.07 bits per heavy atom. The van der Waals surface area contributed by atoms with Gasteiger partial charge in [-0.2, -0.15) is 0 Å². The topological polar surface area (TPSA) is 49.0 Å². The monoisotopic (exact) mass is 399 g/mol. The molecule has 0 spiro atoms. The van der Waals surface area contributed by atoms with E-state index in [2.05, 4.69) is 4.98 Å². The van der Waals surface area contributed by atoms with Gasteiger partial charge in [0.1, 0.15) is 5.82 Å². The van der Waals surface area contributed by atoms with E-state index in [-0.39, 0.29) is 17.6 Å². The fourth-order valence-electron chi connectivity index (χ4n) is 4.23. The van der Waals surface area contributed by atoms with Gasteiger partial charge in [-0.05, 0) is 73.5 Å². The highest BCUT2D eigenvalue weighted by molar-refractivity contribution is 5.98. The molecular weight excluding hydrogens is 377 g/mol. The van der Waals surface area contributed by atoms with Gasteiger partial charge in [-0.15, -0.1) is 0 Å². The molecular formula is C25H22FN3O. The van der Waals surface area contributed by atoms with Crippen LogP contribution >= 0.6 is 0 Å². The summed E-state index contributed by atoms with van der Waals surface area (Å²) in [5, 5.41) is 1.04. The van der Waals surface area contributed by atoms with Crippen molar-refractivity contribution >= 4 is 16.8 Å². The molecule has 0 saturated carbocycles. The number of halogens is 1. The lowest BCUT2D eigenvalue weighted by atomic mass is 9.93. The molecule has 1 amide bonds. The predicted molar refractivity (Wildman–Crippen MR) is 116 cm³/mol. The summed E-state index contributed by atoms with van der Waals surface area (Å²) in [5.74, 6) is 0.00532. The van der Waals surface area contributed by atoms with E-state index in [1.807, 2.05) is 53.6 Å². The summed E-state index contributed by atoms with van der Waals surface area (Å²) in [6, 6.07) is 20.1. The van der Waals surface area contributed by atoms with Crippen molar-refractivity contribution in [2.45, 2.75) is 18.8 Å². The fraction of sp³-hybridized carbons (Fsp3) is 0.200. The van der Waals surface area contributed by atoms with Gasteiger partial charge in [0, 0.05) is 52.9 Å². The molecule has 3 heterocycles. The Labute approximate surface area is 174 Å². The summed E-state index contributed by atoms with van der Waals surface area (Å²) in [6.45, 7) is 1.42. The Kier molecular flexibility index (Phi) is 4.79. The molecule has 1 fully saturated rings. The minimum atomic E-state index is -0.255. The normalized spacial score (nSPS) is 16.7. The van der Waals surface area contributed by atoms with Crippen LogP contribution < -0.4 is 0 Å². The molecule has 1 atom stereocenters. The van der Waals surface area contributed by atoms with Crippen LogP contribution in [0.5, 0.6) is 0 Å². The Morgan fingerprint density at radius 2 is 1.93 bits per heavy atom. The number of hydrogen-bond acceptors (Lipinski definition) is 2. The van der Waals surface area contributed by atoms with Crippen LogP contribution in [-0.4, -0.2) is 33.9 Å². The van der Waals surface area contributed by atoms with E-state index < -0.39 is 0 Å². The van der Waals surface area contributed by atoms with Crippen LogP contribution in [0.4, 0.5) is 4.39 Å². The van der Waals surface area contributed by atoms with Crippen LogP contribution in [0.15, 0.2) is 72.9 Å². The molecule has 1 aliphatic rings. The lowest BCUT2D eigenvalue weighted by molar-refractivity contribution is 0.0706. The van der Waals surface area contributed by atoms with Crippen molar-refractivity contribution in [3.05, 3.63) is 90.0 Å². The zero-order valence-corrected chi connectivity index (χ0v) is 16.5. The number of likely N-dealkylation sites (tertiary alicyclic amines) is 1. The minimum absolute atomic E-state index is 0.0671. The van der Waals surface area contributed by atoms with Gasteiger partial charge in [0.2, 0.25) is 0 Å². The second-order valence-electron chi connectivity index (χ2n) is 7.82. The number of pyridine rings is 1. The third-order valence-electron chi connectivity index (χ3n) is 5.84. The molecule has 0 bridgehead atoms. The standard InChI is InChI=1S/C25H22FN3O/c26-21-9-6-17(7-10-21)23-4-1-5-24(28-23)20-3-2-14-29(16-20)25(30)19-8-11-22-18(15-19)12-13-27-22/h1,4-13,15,20,27H,2-3,14,16H2. The molecule has 150 valence electrons. The Hall–Kier alpha value is -3.47. The average molecular weight is 399 g/mol. The molecule has 0 radical (unpaired) electrons. The van der Waals surface area contributed by atoms with Crippen molar-refractivity contribution < 1.29 is 9.18 Å². The van der Waals surface area contributed by atoms with Crippen molar-refractivity contribution in [2.24, 2.45) is 0 Å². The van der Waals surface area contributed by atoms with Crippen molar-refractivity contribution in [3.8, 4) is 11.3 Å². The summed E-state index contributed by atoms with van der Waals surface area (Å²) in [4.78, 5) is 23.1. The van der Waals surface area contributed by atoms with Gasteiger partial charge in [-0.25, -0.2) is 4.39 Å². The molecule has 4 nitrogen and oxygen atoms in total. The van der Waals surface area contributed by atoms with Crippen molar-refractivity contribution in [1.82, 2.24) is 14.9 Å². The highest BCUT2D eigenvalue weighted by Gasteiger charge is 2.26. The maximum Gasteiger partial charge on any atom is 0.253 e. The molecule has 1 aliphatic heterocycles. The first kappa shape index (κ1) is 18.6. The highest BCUT2D eigenvalue weighted by atomic mass is 19.1. The number of aromatic nitrogens is 2. The third-order valence-corrected chi connectivity index (χ3v) is 5.84. The quantitative estimate of drug-likeness (QED) is 0.502. The van der Waals surface area contributed by atoms with Gasteiger partial charge < -0.3 is 9.88 Å². The lowest BCUT2D eigenvalue weighted by Crippen LogP contribution is -2.39. The van der Waals surface area contributed by atoms with Crippen LogP contribution in [0, 0.1) is 5.82 Å². The second kappa shape index (κ2) is 7.75. The number of carbonyl (C=O) groups is 1. The first-order valence-corrected chi connectivity index (χ1v) is 10.3. The van der Waals surface area contributed by atoms with Crippen LogP contribution in [-0.2, 0) is 0 Å². The number of benzene rings is 2. The number of rotatable bonds is 3. The first-order chi connectivity index (χ1) is 14.7. The van der Waals surface area contributed by atoms with Gasteiger partial charge in [0.25, 0.3) is 5.91 Å². The minimum Gasteiger partial charge on any atom is -0.361 e. The molecule has 0 aliphatic carbocycles.